The van der Waals surface area contributed by atoms with Gasteiger partial charge in [-0.2, -0.15) is 5.26 Å². The van der Waals surface area contributed by atoms with Crippen molar-refractivity contribution in [3.63, 3.8) is 0 Å². The molecule has 0 saturated carbocycles. The molecule has 162 valence electrons. The Morgan fingerprint density at radius 1 is 0.909 bits per heavy atom. The summed E-state index contributed by atoms with van der Waals surface area (Å²) in [5, 5.41) is 12.2. The molecule has 1 heterocycles. The van der Waals surface area contributed by atoms with Gasteiger partial charge >= 0.3 is 0 Å². The fourth-order valence-corrected chi connectivity index (χ4v) is 3.61. The van der Waals surface area contributed by atoms with Crippen molar-refractivity contribution >= 4 is 17.7 Å². The van der Waals surface area contributed by atoms with E-state index in [4.69, 9.17) is 0 Å². The van der Waals surface area contributed by atoms with Crippen molar-refractivity contribution in [3.8, 4) is 22.9 Å². The van der Waals surface area contributed by atoms with Crippen molar-refractivity contribution in [1.82, 2.24) is 9.36 Å². The molecule has 0 fully saturated rings. The molecule has 6 heteroatoms. The third-order valence-corrected chi connectivity index (χ3v) is 5.49. The first-order valence-electron chi connectivity index (χ1n) is 10.4. The highest BCUT2D eigenvalue weighted by Gasteiger charge is 2.19. The molecule has 1 N–H and O–H groups in total. The van der Waals surface area contributed by atoms with Crippen LogP contribution in [0.4, 0.5) is 5.69 Å². The molecule has 3 aromatic carbocycles. The molecule has 0 aliphatic carbocycles. The van der Waals surface area contributed by atoms with Gasteiger partial charge in [-0.15, -0.1) is 0 Å². The molecule has 1 aromatic heterocycles. The second-order valence-corrected chi connectivity index (χ2v) is 7.55. The minimum Gasteiger partial charge on any atom is -0.315 e. The average molecular weight is 434 g/mol. The molecule has 33 heavy (non-hydrogen) atoms. The van der Waals surface area contributed by atoms with E-state index in [0.29, 0.717) is 16.9 Å². The van der Waals surface area contributed by atoms with Crippen LogP contribution in [-0.2, 0) is 11.8 Å². The number of rotatable bonds is 5. The van der Waals surface area contributed by atoms with Gasteiger partial charge in [-0.25, -0.2) is 4.68 Å². The number of nitrogens with zero attached hydrogens (tertiary/aromatic N) is 3. The van der Waals surface area contributed by atoms with Crippen LogP contribution in [0.1, 0.15) is 11.3 Å². The van der Waals surface area contributed by atoms with E-state index in [1.165, 1.54) is 10.8 Å². The van der Waals surface area contributed by atoms with E-state index in [9.17, 15) is 14.9 Å². The predicted octanol–water partition coefficient (Wildman–Crippen LogP) is 4.70. The number of aromatic nitrogens is 2. The van der Waals surface area contributed by atoms with E-state index in [-0.39, 0.29) is 16.8 Å². The van der Waals surface area contributed by atoms with Crippen LogP contribution in [0.5, 0.6) is 0 Å². The number of carbonyl (C=O) groups is 1. The molecule has 0 atom stereocenters. The Morgan fingerprint density at radius 3 is 2.09 bits per heavy atom. The zero-order valence-corrected chi connectivity index (χ0v) is 18.3. The number of carbonyl (C=O) groups excluding carboxylic acids is 1. The summed E-state index contributed by atoms with van der Waals surface area (Å²) < 4.78 is 3.15. The third kappa shape index (κ3) is 4.39. The highest BCUT2D eigenvalue weighted by molar-refractivity contribution is 6.09. The second kappa shape index (κ2) is 9.25. The maximum Gasteiger partial charge on any atom is 0.295 e. The van der Waals surface area contributed by atoms with E-state index < -0.39 is 5.91 Å². The number of amides is 1. The van der Waals surface area contributed by atoms with Crippen LogP contribution in [0.25, 0.3) is 22.9 Å². The minimum atomic E-state index is -0.629. The van der Waals surface area contributed by atoms with Gasteiger partial charge in [0.25, 0.3) is 11.5 Å². The Kier molecular flexibility index (Phi) is 6.05. The van der Waals surface area contributed by atoms with Gasteiger partial charge in [0.15, 0.2) is 0 Å². The lowest BCUT2D eigenvalue weighted by molar-refractivity contribution is -0.112. The molecule has 0 radical (unpaired) electrons. The summed E-state index contributed by atoms with van der Waals surface area (Å²) in [7, 11) is 1.74. The Morgan fingerprint density at radius 2 is 1.48 bits per heavy atom. The van der Waals surface area contributed by atoms with Crippen molar-refractivity contribution in [2.24, 2.45) is 7.05 Å². The summed E-state index contributed by atoms with van der Waals surface area (Å²) in [6.45, 7) is 1.74. The van der Waals surface area contributed by atoms with Crippen LogP contribution in [0.15, 0.2) is 95.3 Å². The summed E-state index contributed by atoms with van der Waals surface area (Å²) in [6.07, 6.45) is 1.51. The van der Waals surface area contributed by atoms with Crippen molar-refractivity contribution in [1.29, 1.82) is 5.26 Å². The van der Waals surface area contributed by atoms with Crippen LogP contribution < -0.4 is 10.9 Å². The zero-order chi connectivity index (χ0) is 23.4. The summed E-state index contributed by atoms with van der Waals surface area (Å²) >= 11 is 0. The summed E-state index contributed by atoms with van der Waals surface area (Å²) in [5.41, 5.74) is 3.80. The Bertz CT molecular complexity index is 1420. The molecule has 0 saturated heterocycles. The normalized spacial score (nSPS) is 11.1. The van der Waals surface area contributed by atoms with Crippen molar-refractivity contribution in [2.75, 3.05) is 5.32 Å². The molecule has 4 rings (SSSR count). The van der Waals surface area contributed by atoms with Gasteiger partial charge in [-0.3, -0.25) is 14.3 Å². The highest BCUT2D eigenvalue weighted by atomic mass is 16.2. The summed E-state index contributed by atoms with van der Waals surface area (Å²) in [6, 6.07) is 28.6. The number of nitrogens with one attached hydrogen (secondary N) is 1. The Hall–Kier alpha value is -4.63. The smallest absolute Gasteiger partial charge is 0.295 e. The molecule has 0 spiro atoms. The van der Waals surface area contributed by atoms with E-state index in [1.807, 2.05) is 91.0 Å². The molecular formula is C27H22N4O2. The maximum absolute atomic E-state index is 13.0. The molecule has 6 nitrogen and oxygen atoms in total. The Labute approximate surface area is 191 Å². The van der Waals surface area contributed by atoms with Gasteiger partial charge in [0, 0.05) is 7.05 Å². The van der Waals surface area contributed by atoms with Gasteiger partial charge in [0.2, 0.25) is 0 Å². The SMILES string of the molecule is Cc1c(NC(=O)/C(C#N)=C/c2ccc(-c3ccccc3)cc2)c(=O)n(-c2ccccc2)n1C. The number of hydrogen-bond donors (Lipinski definition) is 1. The zero-order valence-electron chi connectivity index (χ0n) is 18.3. The van der Waals surface area contributed by atoms with Crippen LogP contribution in [0, 0.1) is 18.3 Å². The quantitative estimate of drug-likeness (QED) is 0.365. The average Bonchev–Trinajstić information content (AvgIpc) is 3.06. The van der Waals surface area contributed by atoms with Crippen molar-refractivity contribution in [2.45, 2.75) is 6.92 Å². The number of nitriles is 1. The van der Waals surface area contributed by atoms with Gasteiger partial charge in [0.05, 0.1) is 11.4 Å². The monoisotopic (exact) mass is 434 g/mol. The minimum absolute atomic E-state index is 0.0867. The molecule has 0 aliphatic rings. The molecular weight excluding hydrogens is 412 g/mol. The van der Waals surface area contributed by atoms with Crippen molar-refractivity contribution in [3.05, 3.63) is 112 Å². The van der Waals surface area contributed by atoms with Crippen molar-refractivity contribution < 1.29 is 4.79 Å². The molecule has 0 aliphatic heterocycles. The standard InChI is InChI=1S/C27H22N4O2/c1-19-25(27(33)31(30(19)2)24-11-7-4-8-12-24)29-26(32)23(18-28)17-20-13-15-22(16-14-20)21-9-5-3-6-10-21/h3-17H,1-2H3,(H,29,32)/b23-17+. The molecule has 0 unspecified atom stereocenters. The van der Waals surface area contributed by atoms with Crippen LogP contribution in [0.3, 0.4) is 0 Å². The fraction of sp³-hybridized carbons (Fsp3) is 0.0741. The van der Waals surface area contributed by atoms with Gasteiger partial charge in [-0.1, -0.05) is 72.8 Å². The first kappa shape index (κ1) is 21.6. The number of benzene rings is 3. The first-order valence-corrected chi connectivity index (χ1v) is 10.4. The first-order chi connectivity index (χ1) is 16.0. The molecule has 4 aromatic rings. The third-order valence-electron chi connectivity index (χ3n) is 5.49. The van der Waals surface area contributed by atoms with E-state index in [1.54, 1.807) is 18.7 Å². The van der Waals surface area contributed by atoms with Gasteiger partial charge in [-0.05, 0) is 41.8 Å². The summed E-state index contributed by atoms with van der Waals surface area (Å²) in [4.78, 5) is 25.9. The summed E-state index contributed by atoms with van der Waals surface area (Å²) in [5.74, 6) is -0.629. The largest absolute Gasteiger partial charge is 0.315 e. The molecule has 0 bridgehead atoms. The van der Waals surface area contributed by atoms with Crippen LogP contribution in [0.2, 0.25) is 0 Å². The number of hydrogen-bond acceptors (Lipinski definition) is 3. The Balaban J connectivity index is 1.60. The van der Waals surface area contributed by atoms with Gasteiger partial charge < -0.3 is 5.32 Å². The van der Waals surface area contributed by atoms with E-state index in [0.717, 1.165) is 11.1 Å². The van der Waals surface area contributed by atoms with Gasteiger partial charge in [0.1, 0.15) is 17.3 Å². The fourth-order valence-electron chi connectivity index (χ4n) is 3.61. The predicted molar refractivity (Wildman–Crippen MR) is 130 cm³/mol. The van der Waals surface area contributed by atoms with Crippen LogP contribution in [-0.4, -0.2) is 15.3 Å². The number of anilines is 1. The van der Waals surface area contributed by atoms with E-state index >= 15 is 0 Å². The maximum atomic E-state index is 13.0. The second-order valence-electron chi connectivity index (χ2n) is 7.55. The lowest BCUT2D eigenvalue weighted by atomic mass is 10.0. The van der Waals surface area contributed by atoms with Crippen LogP contribution >= 0.6 is 0 Å². The van der Waals surface area contributed by atoms with E-state index in [2.05, 4.69) is 5.32 Å². The number of para-hydroxylation sites is 1. The lowest BCUT2D eigenvalue weighted by Gasteiger charge is -2.07. The lowest BCUT2D eigenvalue weighted by Crippen LogP contribution is -2.23. The topological polar surface area (TPSA) is 79.8 Å². The highest BCUT2D eigenvalue weighted by Crippen LogP contribution is 2.21. The molecule has 1 amide bonds.